The molecule has 1 unspecified atom stereocenters. The van der Waals surface area contributed by atoms with Crippen LogP contribution in [0.15, 0.2) is 34.9 Å². The van der Waals surface area contributed by atoms with Gasteiger partial charge in [0.1, 0.15) is 5.58 Å². The van der Waals surface area contributed by atoms with E-state index in [2.05, 4.69) is 24.1 Å². The van der Waals surface area contributed by atoms with Gasteiger partial charge < -0.3 is 9.15 Å². The van der Waals surface area contributed by atoms with Crippen molar-refractivity contribution in [2.75, 3.05) is 20.3 Å². The second-order valence-electron chi connectivity index (χ2n) is 5.04. The first kappa shape index (κ1) is 11.8. The van der Waals surface area contributed by atoms with E-state index in [0.717, 1.165) is 25.3 Å². The Hall–Kier alpha value is -1.32. The highest BCUT2D eigenvalue weighted by atomic mass is 16.5. The first-order valence-electron chi connectivity index (χ1n) is 6.57. The van der Waals surface area contributed by atoms with E-state index >= 15 is 0 Å². The van der Waals surface area contributed by atoms with Gasteiger partial charge in [-0.1, -0.05) is 18.2 Å². The molecule has 1 saturated heterocycles. The summed E-state index contributed by atoms with van der Waals surface area (Å²) >= 11 is 0. The summed E-state index contributed by atoms with van der Waals surface area (Å²) in [5, 5.41) is 1.22. The van der Waals surface area contributed by atoms with Crippen LogP contribution in [0.1, 0.15) is 18.4 Å². The third-order valence-electron chi connectivity index (χ3n) is 3.74. The number of hydrogen-bond donors (Lipinski definition) is 0. The van der Waals surface area contributed by atoms with E-state index in [1.54, 1.807) is 0 Å². The predicted octanol–water partition coefficient (Wildman–Crippen LogP) is 3.04. The minimum absolute atomic E-state index is 0.535. The SMILES string of the molecule is CN(Cc1coc2ccccc12)C1CCCOC1. The lowest BCUT2D eigenvalue weighted by atomic mass is 10.1. The monoisotopic (exact) mass is 245 g/mol. The number of para-hydroxylation sites is 1. The predicted molar refractivity (Wildman–Crippen MR) is 71.5 cm³/mol. The Morgan fingerprint density at radius 2 is 2.22 bits per heavy atom. The number of rotatable bonds is 3. The van der Waals surface area contributed by atoms with Gasteiger partial charge in [-0.15, -0.1) is 0 Å². The van der Waals surface area contributed by atoms with Gasteiger partial charge >= 0.3 is 0 Å². The van der Waals surface area contributed by atoms with Crippen LogP contribution in [-0.2, 0) is 11.3 Å². The molecule has 1 aromatic carbocycles. The molecule has 1 aliphatic rings. The van der Waals surface area contributed by atoms with E-state index < -0.39 is 0 Å². The summed E-state index contributed by atoms with van der Waals surface area (Å²) in [5.41, 5.74) is 2.24. The van der Waals surface area contributed by atoms with Crippen LogP contribution in [0.3, 0.4) is 0 Å². The van der Waals surface area contributed by atoms with Crippen LogP contribution in [0, 0.1) is 0 Å². The van der Waals surface area contributed by atoms with Crippen LogP contribution in [0.2, 0.25) is 0 Å². The minimum atomic E-state index is 0.535. The standard InChI is InChI=1S/C15H19NO2/c1-16(13-5-4-8-17-11-13)9-12-10-18-15-7-3-2-6-14(12)15/h2-3,6-7,10,13H,4-5,8-9,11H2,1H3. The molecule has 3 nitrogen and oxygen atoms in total. The average Bonchev–Trinajstić information content (AvgIpc) is 2.83. The lowest BCUT2D eigenvalue weighted by Crippen LogP contribution is -2.37. The van der Waals surface area contributed by atoms with Crippen molar-refractivity contribution in [3.05, 3.63) is 36.1 Å². The van der Waals surface area contributed by atoms with Crippen LogP contribution in [0.25, 0.3) is 11.0 Å². The van der Waals surface area contributed by atoms with E-state index in [4.69, 9.17) is 9.15 Å². The molecule has 0 aliphatic carbocycles. The van der Waals surface area contributed by atoms with E-state index in [-0.39, 0.29) is 0 Å². The smallest absolute Gasteiger partial charge is 0.134 e. The zero-order valence-electron chi connectivity index (χ0n) is 10.8. The number of hydrogen-bond acceptors (Lipinski definition) is 3. The third kappa shape index (κ3) is 2.28. The van der Waals surface area contributed by atoms with Crippen molar-refractivity contribution >= 4 is 11.0 Å². The maximum atomic E-state index is 5.58. The Balaban J connectivity index is 1.75. The molecule has 1 fully saturated rings. The third-order valence-corrected chi connectivity index (χ3v) is 3.74. The molecule has 2 aromatic rings. The van der Waals surface area contributed by atoms with Crippen LogP contribution >= 0.6 is 0 Å². The number of nitrogens with zero attached hydrogens (tertiary/aromatic N) is 1. The largest absolute Gasteiger partial charge is 0.464 e. The number of fused-ring (bicyclic) bond motifs is 1. The molecule has 0 radical (unpaired) electrons. The first-order valence-corrected chi connectivity index (χ1v) is 6.57. The fourth-order valence-corrected chi connectivity index (χ4v) is 2.62. The van der Waals surface area contributed by atoms with E-state index in [0.29, 0.717) is 6.04 Å². The summed E-state index contributed by atoms with van der Waals surface area (Å²) in [6.07, 6.45) is 4.28. The zero-order valence-corrected chi connectivity index (χ0v) is 10.8. The Bertz CT molecular complexity index is 514. The second-order valence-corrected chi connectivity index (χ2v) is 5.04. The van der Waals surface area contributed by atoms with Crippen LogP contribution < -0.4 is 0 Å². The molecule has 1 aliphatic heterocycles. The molecule has 1 aromatic heterocycles. The summed E-state index contributed by atoms with van der Waals surface area (Å²) in [7, 11) is 2.17. The topological polar surface area (TPSA) is 25.6 Å². The zero-order chi connectivity index (χ0) is 12.4. The molecule has 0 bridgehead atoms. The molecule has 0 amide bonds. The molecule has 18 heavy (non-hydrogen) atoms. The molecule has 0 spiro atoms. The maximum Gasteiger partial charge on any atom is 0.134 e. The summed E-state index contributed by atoms with van der Waals surface area (Å²) < 4.78 is 11.1. The Morgan fingerprint density at radius 3 is 3.06 bits per heavy atom. The van der Waals surface area contributed by atoms with Gasteiger partial charge in [0.2, 0.25) is 0 Å². The van der Waals surface area contributed by atoms with Crippen molar-refractivity contribution in [3.8, 4) is 0 Å². The van der Waals surface area contributed by atoms with Crippen LogP contribution in [-0.4, -0.2) is 31.2 Å². The Morgan fingerprint density at radius 1 is 1.33 bits per heavy atom. The fraction of sp³-hybridized carbons (Fsp3) is 0.467. The summed E-state index contributed by atoms with van der Waals surface area (Å²) in [5.74, 6) is 0. The van der Waals surface area contributed by atoms with Gasteiger partial charge in [-0.3, -0.25) is 4.90 Å². The summed E-state index contributed by atoms with van der Waals surface area (Å²) in [4.78, 5) is 2.37. The number of likely N-dealkylation sites (N-methyl/N-ethyl adjacent to an activating group) is 1. The fourth-order valence-electron chi connectivity index (χ4n) is 2.62. The highest BCUT2D eigenvalue weighted by Gasteiger charge is 2.19. The van der Waals surface area contributed by atoms with Crippen molar-refractivity contribution in [1.29, 1.82) is 0 Å². The van der Waals surface area contributed by atoms with Crippen molar-refractivity contribution in [1.82, 2.24) is 4.90 Å². The molecule has 0 N–H and O–H groups in total. The number of ether oxygens (including phenoxy) is 1. The van der Waals surface area contributed by atoms with E-state index in [1.807, 2.05) is 18.4 Å². The van der Waals surface area contributed by atoms with Gasteiger partial charge in [0.15, 0.2) is 0 Å². The summed E-state index contributed by atoms with van der Waals surface area (Å²) in [6.45, 7) is 2.69. The molecular formula is C15H19NO2. The van der Waals surface area contributed by atoms with Crippen molar-refractivity contribution < 1.29 is 9.15 Å². The van der Waals surface area contributed by atoms with E-state index in [9.17, 15) is 0 Å². The van der Waals surface area contributed by atoms with E-state index in [1.165, 1.54) is 23.8 Å². The molecule has 3 heteroatoms. The highest BCUT2D eigenvalue weighted by molar-refractivity contribution is 5.80. The molecular weight excluding hydrogens is 226 g/mol. The van der Waals surface area contributed by atoms with Crippen molar-refractivity contribution in [3.63, 3.8) is 0 Å². The quantitative estimate of drug-likeness (QED) is 0.831. The molecule has 1 atom stereocenters. The Labute approximate surface area is 107 Å². The number of furan rings is 1. The van der Waals surface area contributed by atoms with Crippen LogP contribution in [0.5, 0.6) is 0 Å². The molecule has 0 saturated carbocycles. The maximum absolute atomic E-state index is 5.58. The van der Waals surface area contributed by atoms with Gasteiger partial charge in [-0.25, -0.2) is 0 Å². The Kier molecular flexibility index (Phi) is 3.35. The lowest BCUT2D eigenvalue weighted by molar-refractivity contribution is 0.0250. The molecule has 2 heterocycles. The molecule has 3 rings (SSSR count). The lowest BCUT2D eigenvalue weighted by Gasteiger charge is -2.30. The number of benzene rings is 1. The van der Waals surface area contributed by atoms with Gasteiger partial charge in [-0.05, 0) is 26.0 Å². The first-order chi connectivity index (χ1) is 8.84. The van der Waals surface area contributed by atoms with Crippen molar-refractivity contribution in [2.24, 2.45) is 0 Å². The van der Waals surface area contributed by atoms with Crippen molar-refractivity contribution in [2.45, 2.75) is 25.4 Å². The normalized spacial score (nSPS) is 20.7. The van der Waals surface area contributed by atoms with Gasteiger partial charge in [-0.2, -0.15) is 0 Å². The molecule has 96 valence electrons. The summed E-state index contributed by atoms with van der Waals surface area (Å²) in [6, 6.07) is 8.74. The average molecular weight is 245 g/mol. The highest BCUT2D eigenvalue weighted by Crippen LogP contribution is 2.23. The second kappa shape index (κ2) is 5.12. The minimum Gasteiger partial charge on any atom is -0.464 e. The van der Waals surface area contributed by atoms with Crippen LogP contribution in [0.4, 0.5) is 0 Å². The van der Waals surface area contributed by atoms with Gasteiger partial charge in [0, 0.05) is 30.1 Å². The van der Waals surface area contributed by atoms with Gasteiger partial charge in [0.25, 0.3) is 0 Å². The van der Waals surface area contributed by atoms with Gasteiger partial charge in [0.05, 0.1) is 12.9 Å².